The molecule has 0 radical (unpaired) electrons. The summed E-state index contributed by atoms with van der Waals surface area (Å²) < 4.78 is 0. The molecule has 27 heavy (non-hydrogen) atoms. The Morgan fingerprint density at radius 1 is 0.259 bits per heavy atom. The summed E-state index contributed by atoms with van der Waals surface area (Å²) in [4.78, 5) is 18.7. The van der Waals surface area contributed by atoms with Gasteiger partial charge in [-0.3, -0.25) is 15.0 Å². The molecule has 0 atom stereocenters. The molecular weight excluding hydrogens is 334 g/mol. The first-order chi connectivity index (χ1) is 12.0. The van der Waals surface area contributed by atoms with E-state index in [-0.39, 0.29) is 22.3 Å². The summed E-state index contributed by atoms with van der Waals surface area (Å²) in [6.07, 6.45) is 15.4. The topological polar surface area (TPSA) is 64.5 Å². The van der Waals surface area contributed by atoms with Crippen molar-refractivity contribution in [1.82, 2.24) is 24.9 Å². The first-order valence-corrected chi connectivity index (χ1v) is 7.25. The van der Waals surface area contributed by atoms with Gasteiger partial charge in [0.2, 0.25) is 0 Å². The van der Waals surface area contributed by atoms with E-state index in [1.807, 2.05) is 54.6 Å². The molecule has 0 aliphatic heterocycles. The van der Waals surface area contributed by atoms with Gasteiger partial charge in [-0.15, -0.1) is 0 Å². The number of pyridine rings is 3. The minimum Gasteiger partial charge on any atom is -0.265 e. The SMILES string of the molecule is C.C.C.c1ccncc1.c1ccncc1.c1ccncc1.c1cncnc1. The summed E-state index contributed by atoms with van der Waals surface area (Å²) in [5, 5.41) is 0. The zero-order valence-corrected chi connectivity index (χ0v) is 13.2. The highest BCUT2D eigenvalue weighted by molar-refractivity contribution is 4.89. The van der Waals surface area contributed by atoms with Crippen LogP contribution in [0.2, 0.25) is 0 Å². The van der Waals surface area contributed by atoms with Gasteiger partial charge in [0.05, 0.1) is 0 Å². The molecular formula is C22H31N5. The number of hydrogen-bond donors (Lipinski definition) is 0. The fraction of sp³-hybridized carbons (Fsp3) is 0.136. The van der Waals surface area contributed by atoms with E-state index in [4.69, 9.17) is 0 Å². The zero-order chi connectivity index (χ0) is 17.0. The Morgan fingerprint density at radius 3 is 0.593 bits per heavy atom. The number of hydrogen-bond acceptors (Lipinski definition) is 5. The van der Waals surface area contributed by atoms with E-state index >= 15 is 0 Å². The van der Waals surface area contributed by atoms with Crippen LogP contribution in [-0.4, -0.2) is 24.9 Å². The van der Waals surface area contributed by atoms with Gasteiger partial charge in [-0.2, -0.15) is 0 Å². The van der Waals surface area contributed by atoms with Crippen LogP contribution >= 0.6 is 0 Å². The monoisotopic (exact) mass is 365 g/mol. The van der Waals surface area contributed by atoms with Crippen LogP contribution < -0.4 is 0 Å². The van der Waals surface area contributed by atoms with Gasteiger partial charge in [0.25, 0.3) is 0 Å². The van der Waals surface area contributed by atoms with E-state index in [2.05, 4.69) is 24.9 Å². The van der Waals surface area contributed by atoms with Gasteiger partial charge in [0.15, 0.2) is 0 Å². The molecule has 0 bridgehead atoms. The molecule has 0 fully saturated rings. The van der Waals surface area contributed by atoms with Crippen molar-refractivity contribution in [3.63, 3.8) is 0 Å². The lowest BCUT2D eigenvalue weighted by Gasteiger charge is -1.70. The third-order valence-electron chi connectivity index (χ3n) is 2.18. The van der Waals surface area contributed by atoms with Crippen LogP contribution in [0.25, 0.3) is 0 Å². The molecule has 0 saturated carbocycles. The second-order valence-corrected chi connectivity index (χ2v) is 3.98. The van der Waals surface area contributed by atoms with Crippen molar-refractivity contribution in [3.05, 3.63) is 117 Å². The Morgan fingerprint density at radius 2 is 0.519 bits per heavy atom. The van der Waals surface area contributed by atoms with Crippen LogP contribution in [0.1, 0.15) is 22.3 Å². The molecule has 0 N–H and O–H groups in total. The zero-order valence-electron chi connectivity index (χ0n) is 13.2. The predicted molar refractivity (Wildman–Crippen MR) is 115 cm³/mol. The molecule has 0 amide bonds. The Kier molecular flexibility index (Phi) is 26.0. The molecule has 0 unspecified atom stereocenters. The van der Waals surface area contributed by atoms with Crippen molar-refractivity contribution >= 4 is 0 Å². The predicted octanol–water partition coefficient (Wildman–Crippen LogP) is 5.63. The summed E-state index contributed by atoms with van der Waals surface area (Å²) in [5.74, 6) is 0. The normalized spacial score (nSPS) is 7.11. The van der Waals surface area contributed by atoms with Crippen molar-refractivity contribution in [3.8, 4) is 0 Å². The van der Waals surface area contributed by atoms with E-state index in [1.54, 1.807) is 55.6 Å². The highest BCUT2D eigenvalue weighted by Crippen LogP contribution is 1.75. The van der Waals surface area contributed by atoms with Crippen LogP contribution in [-0.2, 0) is 0 Å². The molecule has 4 aromatic heterocycles. The van der Waals surface area contributed by atoms with Gasteiger partial charge < -0.3 is 0 Å². The standard InChI is InChI=1S/3C5H5N.C4H4N2.3CH4/c3*1-2-4-6-5-3-1;1-2-5-4-6-3-1;;;/h3*1-5H;1-4H;3*1H4. The van der Waals surface area contributed by atoms with Crippen molar-refractivity contribution in [1.29, 1.82) is 0 Å². The Labute approximate surface area is 164 Å². The third kappa shape index (κ3) is 22.5. The first kappa shape index (κ1) is 28.3. The highest BCUT2D eigenvalue weighted by atomic mass is 14.8. The molecule has 0 aliphatic rings. The molecule has 4 heterocycles. The van der Waals surface area contributed by atoms with Crippen LogP contribution in [0, 0.1) is 0 Å². The Bertz CT molecular complexity index is 433. The van der Waals surface area contributed by atoms with Gasteiger partial charge >= 0.3 is 0 Å². The Balaban J connectivity index is -0.000000274. The lowest BCUT2D eigenvalue weighted by Crippen LogP contribution is -1.66. The third-order valence-corrected chi connectivity index (χ3v) is 2.18. The minimum absolute atomic E-state index is 0. The lowest BCUT2D eigenvalue weighted by molar-refractivity contribution is 1.17. The fourth-order valence-electron chi connectivity index (χ4n) is 1.19. The maximum Gasteiger partial charge on any atom is 0.115 e. The summed E-state index contributed by atoms with van der Waals surface area (Å²) in [5.41, 5.74) is 0. The van der Waals surface area contributed by atoms with Crippen molar-refractivity contribution < 1.29 is 0 Å². The fourth-order valence-corrected chi connectivity index (χ4v) is 1.19. The van der Waals surface area contributed by atoms with Crippen molar-refractivity contribution in [2.75, 3.05) is 0 Å². The van der Waals surface area contributed by atoms with Gasteiger partial charge in [-0.05, 0) is 42.5 Å². The smallest absolute Gasteiger partial charge is 0.115 e. The van der Waals surface area contributed by atoms with Crippen LogP contribution in [0.5, 0.6) is 0 Å². The Hall–Kier alpha value is -3.47. The summed E-state index contributed by atoms with van der Waals surface area (Å²) >= 11 is 0. The van der Waals surface area contributed by atoms with E-state index in [1.165, 1.54) is 6.33 Å². The quantitative estimate of drug-likeness (QED) is 0.404. The summed E-state index contributed by atoms with van der Waals surface area (Å²) in [6, 6.07) is 18.9. The molecule has 5 heteroatoms. The van der Waals surface area contributed by atoms with Crippen LogP contribution in [0.15, 0.2) is 117 Å². The van der Waals surface area contributed by atoms with E-state index in [9.17, 15) is 0 Å². The van der Waals surface area contributed by atoms with Gasteiger partial charge in [0, 0.05) is 49.6 Å². The molecule has 0 spiro atoms. The molecule has 0 saturated heterocycles. The van der Waals surface area contributed by atoms with Crippen molar-refractivity contribution in [2.24, 2.45) is 0 Å². The van der Waals surface area contributed by atoms with Crippen LogP contribution in [0.3, 0.4) is 0 Å². The highest BCUT2D eigenvalue weighted by Gasteiger charge is 1.60. The van der Waals surface area contributed by atoms with E-state index in [0.29, 0.717) is 0 Å². The van der Waals surface area contributed by atoms with Crippen LogP contribution in [0.4, 0.5) is 0 Å². The van der Waals surface area contributed by atoms with Gasteiger partial charge in [-0.1, -0.05) is 40.5 Å². The van der Waals surface area contributed by atoms with E-state index in [0.717, 1.165) is 0 Å². The molecule has 4 rings (SSSR count). The first-order valence-electron chi connectivity index (χ1n) is 7.25. The number of aromatic nitrogens is 5. The van der Waals surface area contributed by atoms with Crippen molar-refractivity contribution in [2.45, 2.75) is 22.3 Å². The molecule has 4 aromatic rings. The minimum atomic E-state index is 0. The average Bonchev–Trinajstić information content (AvgIpc) is 2.75. The lowest BCUT2D eigenvalue weighted by atomic mass is 10.5. The second-order valence-electron chi connectivity index (χ2n) is 3.98. The molecule has 144 valence electrons. The summed E-state index contributed by atoms with van der Waals surface area (Å²) in [6.45, 7) is 0. The second kappa shape index (κ2) is 24.8. The molecule has 5 nitrogen and oxygen atoms in total. The number of rotatable bonds is 0. The molecule has 0 aliphatic carbocycles. The largest absolute Gasteiger partial charge is 0.265 e. The molecule has 0 aromatic carbocycles. The van der Waals surface area contributed by atoms with Gasteiger partial charge in [0.1, 0.15) is 6.33 Å². The van der Waals surface area contributed by atoms with E-state index < -0.39 is 0 Å². The number of nitrogens with zero attached hydrogens (tertiary/aromatic N) is 5. The maximum absolute atomic E-state index is 3.78. The summed E-state index contributed by atoms with van der Waals surface area (Å²) in [7, 11) is 0. The maximum atomic E-state index is 3.78. The van der Waals surface area contributed by atoms with Gasteiger partial charge in [-0.25, -0.2) is 9.97 Å². The average molecular weight is 366 g/mol.